The summed E-state index contributed by atoms with van der Waals surface area (Å²) in [5, 5.41) is 3.48. The number of carbonyl (C=O) groups excluding carboxylic acids is 2. The second-order valence-electron chi connectivity index (χ2n) is 5.60. The van der Waals surface area contributed by atoms with Crippen molar-refractivity contribution in [1.82, 2.24) is 4.90 Å². The first-order chi connectivity index (χ1) is 10.5. The average Bonchev–Trinajstić information content (AvgIpc) is 2.53. The van der Waals surface area contributed by atoms with E-state index < -0.39 is 5.97 Å². The third kappa shape index (κ3) is 4.13. The number of ether oxygens (including phenoxy) is 1. The third-order valence-corrected chi connectivity index (χ3v) is 4.28. The number of likely N-dealkylation sites (tertiary alicyclic amines) is 1. The van der Waals surface area contributed by atoms with Crippen molar-refractivity contribution < 1.29 is 14.3 Å². The summed E-state index contributed by atoms with van der Waals surface area (Å²) in [6.45, 7) is 3.98. The second-order valence-corrected chi connectivity index (χ2v) is 6.01. The molecule has 0 bridgehead atoms. The Kier molecular flexibility index (Phi) is 5.66. The molecule has 1 aromatic rings. The van der Waals surface area contributed by atoms with Gasteiger partial charge < -0.3 is 15.0 Å². The van der Waals surface area contributed by atoms with Gasteiger partial charge in [0.2, 0.25) is 5.91 Å². The summed E-state index contributed by atoms with van der Waals surface area (Å²) in [5.74, 6) is 0.297. The molecule has 22 heavy (non-hydrogen) atoms. The van der Waals surface area contributed by atoms with Crippen molar-refractivity contribution in [2.75, 3.05) is 32.1 Å². The van der Waals surface area contributed by atoms with Gasteiger partial charge in [-0.15, -0.1) is 0 Å². The molecule has 0 aliphatic carbocycles. The van der Waals surface area contributed by atoms with Crippen LogP contribution in [-0.2, 0) is 9.53 Å². The lowest BCUT2D eigenvalue weighted by atomic mass is 9.99. The van der Waals surface area contributed by atoms with Crippen molar-refractivity contribution in [2.45, 2.75) is 19.8 Å². The van der Waals surface area contributed by atoms with Gasteiger partial charge in [-0.2, -0.15) is 0 Å². The van der Waals surface area contributed by atoms with Crippen LogP contribution in [0.5, 0.6) is 0 Å². The minimum atomic E-state index is -0.434. The molecule has 0 aromatic heterocycles. The van der Waals surface area contributed by atoms with E-state index in [4.69, 9.17) is 11.6 Å². The minimum absolute atomic E-state index is 0.0476. The Morgan fingerprint density at radius 3 is 2.68 bits per heavy atom. The molecule has 0 atom stereocenters. The largest absolute Gasteiger partial charge is 0.465 e. The Morgan fingerprint density at radius 2 is 2.05 bits per heavy atom. The van der Waals surface area contributed by atoms with Gasteiger partial charge in [0, 0.05) is 13.1 Å². The number of rotatable bonds is 4. The minimum Gasteiger partial charge on any atom is -0.465 e. The van der Waals surface area contributed by atoms with Crippen molar-refractivity contribution in [1.29, 1.82) is 0 Å². The van der Waals surface area contributed by atoms with Gasteiger partial charge in [-0.3, -0.25) is 4.79 Å². The summed E-state index contributed by atoms with van der Waals surface area (Å²) in [6, 6.07) is 4.80. The molecule has 1 aromatic carbocycles. The first-order valence-corrected chi connectivity index (χ1v) is 7.78. The van der Waals surface area contributed by atoms with Gasteiger partial charge in [0.1, 0.15) is 0 Å². The second kappa shape index (κ2) is 7.49. The standard InChI is InChI=1S/C16H21ClN2O3/c1-11-5-7-19(8-6-11)15(20)10-18-14-9-12(16(21)22-2)3-4-13(14)17/h3-4,9,11,18H,5-8,10H2,1-2H3. The first-order valence-electron chi connectivity index (χ1n) is 7.40. The average molecular weight is 325 g/mol. The molecule has 1 amide bonds. The Morgan fingerprint density at radius 1 is 1.36 bits per heavy atom. The number of benzene rings is 1. The molecule has 6 heteroatoms. The molecular weight excluding hydrogens is 304 g/mol. The van der Waals surface area contributed by atoms with Crippen LogP contribution < -0.4 is 5.32 Å². The number of methoxy groups -OCH3 is 1. The lowest BCUT2D eigenvalue weighted by molar-refractivity contribution is -0.130. The van der Waals surface area contributed by atoms with E-state index in [1.54, 1.807) is 18.2 Å². The highest BCUT2D eigenvalue weighted by atomic mass is 35.5. The van der Waals surface area contributed by atoms with E-state index >= 15 is 0 Å². The first kappa shape index (κ1) is 16.6. The van der Waals surface area contributed by atoms with E-state index in [2.05, 4.69) is 17.0 Å². The molecule has 0 unspecified atom stereocenters. The van der Waals surface area contributed by atoms with Gasteiger partial charge in [0.05, 0.1) is 29.9 Å². The van der Waals surface area contributed by atoms with E-state index in [0.717, 1.165) is 25.9 Å². The van der Waals surface area contributed by atoms with Crippen molar-refractivity contribution in [3.8, 4) is 0 Å². The molecule has 0 radical (unpaired) electrons. The van der Waals surface area contributed by atoms with Gasteiger partial charge in [0.25, 0.3) is 0 Å². The van der Waals surface area contributed by atoms with Crippen LogP contribution in [0.1, 0.15) is 30.1 Å². The highest BCUT2D eigenvalue weighted by Gasteiger charge is 2.20. The molecule has 0 saturated carbocycles. The molecule has 120 valence electrons. The Bertz CT molecular complexity index is 554. The van der Waals surface area contributed by atoms with Crippen molar-refractivity contribution >= 4 is 29.2 Å². The summed E-state index contributed by atoms with van der Waals surface area (Å²) >= 11 is 6.09. The van der Waals surface area contributed by atoms with Gasteiger partial charge in [-0.1, -0.05) is 18.5 Å². The van der Waals surface area contributed by atoms with Crippen molar-refractivity contribution in [2.24, 2.45) is 5.92 Å². The number of carbonyl (C=O) groups is 2. The predicted molar refractivity (Wildman–Crippen MR) is 86.3 cm³/mol. The lowest BCUT2D eigenvalue weighted by Gasteiger charge is -2.30. The Labute approximate surface area is 135 Å². The molecular formula is C16H21ClN2O3. The van der Waals surface area contributed by atoms with E-state index in [1.807, 2.05) is 4.90 Å². The van der Waals surface area contributed by atoms with Crippen LogP contribution in [0.2, 0.25) is 5.02 Å². The number of nitrogens with zero attached hydrogens (tertiary/aromatic N) is 1. The zero-order valence-corrected chi connectivity index (χ0v) is 13.7. The maximum Gasteiger partial charge on any atom is 0.337 e. The van der Waals surface area contributed by atoms with E-state index in [9.17, 15) is 9.59 Å². The fraction of sp³-hybridized carbons (Fsp3) is 0.500. The van der Waals surface area contributed by atoms with Crippen molar-refractivity contribution in [3.05, 3.63) is 28.8 Å². The van der Waals surface area contributed by atoms with Crippen LogP contribution >= 0.6 is 11.6 Å². The SMILES string of the molecule is COC(=O)c1ccc(Cl)c(NCC(=O)N2CCC(C)CC2)c1. The molecule has 1 fully saturated rings. The highest BCUT2D eigenvalue weighted by Crippen LogP contribution is 2.23. The maximum absolute atomic E-state index is 12.2. The number of piperidine rings is 1. The Hall–Kier alpha value is -1.75. The molecule has 2 rings (SSSR count). The van der Waals surface area contributed by atoms with Gasteiger partial charge in [0.15, 0.2) is 0 Å². The molecule has 5 nitrogen and oxygen atoms in total. The van der Waals surface area contributed by atoms with Crippen LogP contribution in [0.15, 0.2) is 18.2 Å². The fourth-order valence-electron chi connectivity index (χ4n) is 2.45. The monoisotopic (exact) mass is 324 g/mol. The normalized spacial score (nSPS) is 15.5. The van der Waals surface area contributed by atoms with Gasteiger partial charge in [-0.05, 0) is 37.0 Å². The number of esters is 1. The molecule has 1 saturated heterocycles. The van der Waals surface area contributed by atoms with Crippen molar-refractivity contribution in [3.63, 3.8) is 0 Å². The molecule has 1 N–H and O–H groups in total. The number of halogens is 1. The van der Waals surface area contributed by atoms with E-state index in [1.165, 1.54) is 7.11 Å². The zero-order valence-electron chi connectivity index (χ0n) is 12.9. The van der Waals surface area contributed by atoms with Gasteiger partial charge in [-0.25, -0.2) is 4.79 Å². The Balaban J connectivity index is 1.96. The summed E-state index contributed by atoms with van der Waals surface area (Å²) in [7, 11) is 1.32. The van der Waals surface area contributed by atoms with Crippen LogP contribution in [0.4, 0.5) is 5.69 Å². The summed E-state index contributed by atoms with van der Waals surface area (Å²) in [5.41, 5.74) is 0.956. The molecule has 1 aliphatic heterocycles. The number of hydrogen-bond donors (Lipinski definition) is 1. The number of hydrogen-bond acceptors (Lipinski definition) is 4. The van der Waals surface area contributed by atoms with Crippen LogP contribution in [0, 0.1) is 5.92 Å². The number of amides is 1. The zero-order chi connectivity index (χ0) is 16.1. The molecule has 1 aliphatic rings. The lowest BCUT2D eigenvalue weighted by Crippen LogP contribution is -2.40. The predicted octanol–water partition coefficient (Wildman–Crippen LogP) is 2.80. The number of nitrogens with one attached hydrogen (secondary N) is 1. The topological polar surface area (TPSA) is 58.6 Å². The van der Waals surface area contributed by atoms with E-state index in [0.29, 0.717) is 22.2 Å². The van der Waals surface area contributed by atoms with Crippen LogP contribution in [0.3, 0.4) is 0 Å². The summed E-state index contributed by atoms with van der Waals surface area (Å²) < 4.78 is 4.68. The van der Waals surface area contributed by atoms with Crippen LogP contribution in [-0.4, -0.2) is 43.5 Å². The fourth-order valence-corrected chi connectivity index (χ4v) is 2.63. The molecule has 1 heterocycles. The van der Waals surface area contributed by atoms with Gasteiger partial charge >= 0.3 is 5.97 Å². The third-order valence-electron chi connectivity index (χ3n) is 3.95. The quantitative estimate of drug-likeness (QED) is 0.865. The summed E-state index contributed by atoms with van der Waals surface area (Å²) in [4.78, 5) is 25.6. The molecule has 0 spiro atoms. The summed E-state index contributed by atoms with van der Waals surface area (Å²) in [6.07, 6.45) is 2.09. The number of anilines is 1. The van der Waals surface area contributed by atoms with Crippen LogP contribution in [0.25, 0.3) is 0 Å². The smallest absolute Gasteiger partial charge is 0.337 e. The van der Waals surface area contributed by atoms with E-state index in [-0.39, 0.29) is 12.5 Å². The maximum atomic E-state index is 12.2. The highest BCUT2D eigenvalue weighted by molar-refractivity contribution is 6.33.